The molecule has 0 aliphatic heterocycles. The van der Waals surface area contributed by atoms with Crippen molar-refractivity contribution in [3.05, 3.63) is 0 Å². The van der Waals surface area contributed by atoms with E-state index in [9.17, 15) is 9.59 Å². The molecular weight excluding hydrogens is 230 g/mol. The Balaban J connectivity index is 1.57. The van der Waals surface area contributed by atoms with Gasteiger partial charge in [-0.1, -0.05) is 6.42 Å². The van der Waals surface area contributed by atoms with Gasteiger partial charge >= 0.3 is 0 Å². The van der Waals surface area contributed by atoms with Crippen LogP contribution in [0.2, 0.25) is 0 Å². The molecule has 0 heterocycles. The lowest BCUT2D eigenvalue weighted by atomic mass is 9.68. The summed E-state index contributed by atoms with van der Waals surface area (Å²) in [6.45, 7) is 1.000. The van der Waals surface area contributed by atoms with E-state index in [1.54, 1.807) is 0 Å². The van der Waals surface area contributed by atoms with Gasteiger partial charge in [0.1, 0.15) is 0 Å². The third kappa shape index (κ3) is 3.22. The van der Waals surface area contributed by atoms with E-state index < -0.39 is 0 Å². The van der Waals surface area contributed by atoms with Gasteiger partial charge in [0.05, 0.1) is 5.41 Å². The minimum absolute atomic E-state index is 0.0684. The molecule has 0 unspecified atom stereocenters. The fourth-order valence-corrected chi connectivity index (χ4v) is 2.29. The van der Waals surface area contributed by atoms with E-state index in [4.69, 9.17) is 5.73 Å². The molecule has 2 amide bonds. The van der Waals surface area contributed by atoms with Crippen LogP contribution in [0.3, 0.4) is 0 Å². The predicted molar refractivity (Wildman–Crippen MR) is 68.7 cm³/mol. The van der Waals surface area contributed by atoms with Gasteiger partial charge in [0.25, 0.3) is 0 Å². The molecule has 0 aromatic heterocycles. The lowest BCUT2D eigenvalue weighted by molar-refractivity contribution is -0.135. The van der Waals surface area contributed by atoms with E-state index in [0.717, 1.165) is 32.1 Å². The van der Waals surface area contributed by atoms with Gasteiger partial charge in [-0.3, -0.25) is 9.59 Å². The Hall–Kier alpha value is -1.10. The first kappa shape index (κ1) is 13.3. The number of carbonyl (C=O) groups excluding carboxylic acids is 2. The summed E-state index contributed by atoms with van der Waals surface area (Å²) in [6.07, 6.45) is 6.31. The van der Waals surface area contributed by atoms with Gasteiger partial charge < -0.3 is 16.4 Å². The number of nitrogens with one attached hydrogen (secondary N) is 2. The summed E-state index contributed by atoms with van der Waals surface area (Å²) in [5.74, 6) is 0.169. The standard InChI is InChI=1S/C13H23N3O2/c14-9-13(6-2-7-13)12(18)15-8-1-3-11(17)16-10-4-5-10/h10H,1-9,14H2,(H,15,18)(H,16,17). The van der Waals surface area contributed by atoms with E-state index >= 15 is 0 Å². The zero-order valence-electron chi connectivity index (χ0n) is 10.8. The van der Waals surface area contributed by atoms with Crippen molar-refractivity contribution in [3.63, 3.8) is 0 Å². The molecule has 0 aromatic rings. The molecular formula is C13H23N3O2. The second-order valence-corrected chi connectivity index (χ2v) is 5.54. The lowest BCUT2D eigenvalue weighted by Gasteiger charge is -2.39. The molecule has 0 aromatic carbocycles. The molecule has 5 heteroatoms. The van der Waals surface area contributed by atoms with Gasteiger partial charge in [-0.05, 0) is 32.1 Å². The van der Waals surface area contributed by atoms with Gasteiger partial charge in [0, 0.05) is 25.6 Å². The molecule has 2 saturated carbocycles. The molecule has 0 radical (unpaired) electrons. The SMILES string of the molecule is NCC1(C(=O)NCCCC(=O)NC2CC2)CCC1. The van der Waals surface area contributed by atoms with Crippen molar-refractivity contribution in [3.8, 4) is 0 Å². The molecule has 2 aliphatic rings. The molecule has 2 rings (SSSR count). The van der Waals surface area contributed by atoms with Crippen molar-refractivity contribution < 1.29 is 9.59 Å². The first-order valence-corrected chi connectivity index (χ1v) is 6.94. The van der Waals surface area contributed by atoms with Crippen LogP contribution in [0, 0.1) is 5.41 Å². The Bertz CT molecular complexity index is 317. The molecule has 0 spiro atoms. The lowest BCUT2D eigenvalue weighted by Crippen LogP contribution is -2.50. The average Bonchev–Trinajstić information content (AvgIpc) is 3.07. The Labute approximate surface area is 108 Å². The third-order valence-corrected chi connectivity index (χ3v) is 3.99. The Kier molecular flexibility index (Phi) is 4.22. The van der Waals surface area contributed by atoms with E-state index in [1.807, 2.05) is 0 Å². The number of carbonyl (C=O) groups is 2. The van der Waals surface area contributed by atoms with Crippen LogP contribution in [0.1, 0.15) is 44.9 Å². The van der Waals surface area contributed by atoms with E-state index in [2.05, 4.69) is 10.6 Å². The minimum Gasteiger partial charge on any atom is -0.356 e. The summed E-state index contributed by atoms with van der Waals surface area (Å²) in [7, 11) is 0. The van der Waals surface area contributed by atoms with Crippen molar-refractivity contribution in [1.82, 2.24) is 10.6 Å². The highest BCUT2D eigenvalue weighted by molar-refractivity contribution is 5.83. The van der Waals surface area contributed by atoms with Crippen molar-refractivity contribution in [2.24, 2.45) is 11.1 Å². The van der Waals surface area contributed by atoms with Crippen molar-refractivity contribution in [2.45, 2.75) is 51.0 Å². The topological polar surface area (TPSA) is 84.2 Å². The highest BCUT2D eigenvalue weighted by atomic mass is 16.2. The first-order chi connectivity index (χ1) is 8.66. The molecule has 102 valence electrons. The zero-order valence-corrected chi connectivity index (χ0v) is 10.8. The fraction of sp³-hybridized carbons (Fsp3) is 0.846. The van der Waals surface area contributed by atoms with Gasteiger partial charge in [-0.15, -0.1) is 0 Å². The van der Waals surface area contributed by atoms with Gasteiger partial charge in [-0.25, -0.2) is 0 Å². The maximum Gasteiger partial charge on any atom is 0.227 e. The minimum atomic E-state index is -0.309. The van der Waals surface area contributed by atoms with Crippen LogP contribution in [0.5, 0.6) is 0 Å². The summed E-state index contributed by atoms with van der Waals surface area (Å²) in [6, 6.07) is 0.419. The summed E-state index contributed by atoms with van der Waals surface area (Å²) in [5, 5.41) is 5.84. The molecule has 0 atom stereocenters. The molecule has 18 heavy (non-hydrogen) atoms. The second kappa shape index (κ2) is 5.69. The van der Waals surface area contributed by atoms with Crippen LogP contribution >= 0.6 is 0 Å². The highest BCUT2D eigenvalue weighted by Gasteiger charge is 2.42. The Morgan fingerprint density at radius 2 is 2.00 bits per heavy atom. The van der Waals surface area contributed by atoms with E-state index in [-0.39, 0.29) is 17.2 Å². The van der Waals surface area contributed by atoms with Gasteiger partial charge in [0.15, 0.2) is 0 Å². The summed E-state index contributed by atoms with van der Waals surface area (Å²) < 4.78 is 0. The van der Waals surface area contributed by atoms with Crippen LogP contribution in [0.25, 0.3) is 0 Å². The van der Waals surface area contributed by atoms with Crippen LogP contribution in [0.4, 0.5) is 0 Å². The van der Waals surface area contributed by atoms with E-state index in [1.165, 1.54) is 0 Å². The van der Waals surface area contributed by atoms with Crippen molar-refractivity contribution >= 4 is 11.8 Å². The maximum absolute atomic E-state index is 11.9. The molecule has 4 N–H and O–H groups in total. The van der Waals surface area contributed by atoms with Crippen LogP contribution < -0.4 is 16.4 Å². The number of hydrogen-bond donors (Lipinski definition) is 3. The normalized spacial score (nSPS) is 20.9. The summed E-state index contributed by atoms with van der Waals surface area (Å²) >= 11 is 0. The zero-order chi connectivity index (χ0) is 13.0. The number of rotatable bonds is 7. The smallest absolute Gasteiger partial charge is 0.227 e. The molecule has 5 nitrogen and oxygen atoms in total. The van der Waals surface area contributed by atoms with Gasteiger partial charge in [-0.2, -0.15) is 0 Å². The van der Waals surface area contributed by atoms with Gasteiger partial charge in [0.2, 0.25) is 11.8 Å². The number of amides is 2. The molecule has 2 aliphatic carbocycles. The van der Waals surface area contributed by atoms with Crippen LogP contribution in [0.15, 0.2) is 0 Å². The maximum atomic E-state index is 11.9. The average molecular weight is 253 g/mol. The third-order valence-electron chi connectivity index (χ3n) is 3.99. The molecule has 0 bridgehead atoms. The molecule has 0 saturated heterocycles. The summed E-state index contributed by atoms with van der Waals surface area (Å²) in [5.41, 5.74) is 5.35. The predicted octanol–water partition coefficient (Wildman–Crippen LogP) is 0.290. The fourth-order valence-electron chi connectivity index (χ4n) is 2.29. The highest BCUT2D eigenvalue weighted by Crippen LogP contribution is 2.39. The first-order valence-electron chi connectivity index (χ1n) is 6.94. The number of hydrogen-bond acceptors (Lipinski definition) is 3. The Morgan fingerprint density at radius 3 is 2.50 bits per heavy atom. The van der Waals surface area contributed by atoms with Crippen molar-refractivity contribution in [1.29, 1.82) is 0 Å². The molecule has 2 fully saturated rings. The quantitative estimate of drug-likeness (QED) is 0.570. The number of nitrogens with two attached hydrogens (primary N) is 1. The van der Waals surface area contributed by atoms with E-state index in [0.29, 0.717) is 32.0 Å². The van der Waals surface area contributed by atoms with Crippen molar-refractivity contribution in [2.75, 3.05) is 13.1 Å². The summed E-state index contributed by atoms with van der Waals surface area (Å²) in [4.78, 5) is 23.3. The van der Waals surface area contributed by atoms with Crippen LogP contribution in [-0.2, 0) is 9.59 Å². The Morgan fingerprint density at radius 1 is 1.28 bits per heavy atom. The largest absolute Gasteiger partial charge is 0.356 e. The monoisotopic (exact) mass is 253 g/mol. The second-order valence-electron chi connectivity index (χ2n) is 5.54. The van der Waals surface area contributed by atoms with Crippen LogP contribution in [-0.4, -0.2) is 30.9 Å².